The second-order valence-electron chi connectivity index (χ2n) is 5.12. The van der Waals surface area contributed by atoms with Gasteiger partial charge in [0.1, 0.15) is 6.61 Å². The summed E-state index contributed by atoms with van der Waals surface area (Å²) in [5, 5.41) is 2.48. The van der Waals surface area contributed by atoms with E-state index in [1.807, 2.05) is 0 Å². The van der Waals surface area contributed by atoms with Crippen LogP contribution in [0.2, 0.25) is 0 Å². The molecule has 18 heavy (non-hydrogen) atoms. The summed E-state index contributed by atoms with van der Waals surface area (Å²) >= 11 is 0. The molecule has 2 aromatic rings. The SMILES string of the molecule is CC(C)[C@@H]1COC(c2ccc3ccccc3c2)=N1. The first-order chi connectivity index (χ1) is 8.74. The molecule has 1 heterocycles. The summed E-state index contributed by atoms with van der Waals surface area (Å²) in [4.78, 5) is 4.66. The Labute approximate surface area is 107 Å². The van der Waals surface area contributed by atoms with Crippen LogP contribution in [0, 0.1) is 5.92 Å². The minimum Gasteiger partial charge on any atom is -0.475 e. The average molecular weight is 239 g/mol. The van der Waals surface area contributed by atoms with Gasteiger partial charge >= 0.3 is 0 Å². The van der Waals surface area contributed by atoms with Crippen molar-refractivity contribution < 1.29 is 4.74 Å². The van der Waals surface area contributed by atoms with E-state index in [0.29, 0.717) is 18.6 Å². The number of fused-ring (bicyclic) bond motifs is 1. The molecule has 1 atom stereocenters. The molecule has 0 saturated heterocycles. The zero-order valence-electron chi connectivity index (χ0n) is 10.8. The fraction of sp³-hybridized carbons (Fsp3) is 0.312. The van der Waals surface area contributed by atoms with Crippen LogP contribution >= 0.6 is 0 Å². The second kappa shape index (κ2) is 4.45. The Morgan fingerprint density at radius 2 is 1.89 bits per heavy atom. The van der Waals surface area contributed by atoms with Gasteiger partial charge in [0, 0.05) is 5.56 Å². The Morgan fingerprint density at radius 1 is 1.11 bits per heavy atom. The van der Waals surface area contributed by atoms with E-state index >= 15 is 0 Å². The highest BCUT2D eigenvalue weighted by Crippen LogP contribution is 2.21. The van der Waals surface area contributed by atoms with Crippen LogP contribution in [0.4, 0.5) is 0 Å². The average Bonchev–Trinajstić information content (AvgIpc) is 2.88. The molecule has 0 unspecified atom stereocenters. The molecule has 2 aromatic carbocycles. The fourth-order valence-corrected chi connectivity index (χ4v) is 2.21. The Balaban J connectivity index is 1.98. The van der Waals surface area contributed by atoms with Crippen molar-refractivity contribution in [2.24, 2.45) is 10.9 Å². The van der Waals surface area contributed by atoms with Crippen molar-refractivity contribution in [3.63, 3.8) is 0 Å². The van der Waals surface area contributed by atoms with Crippen molar-refractivity contribution in [1.29, 1.82) is 0 Å². The lowest BCUT2D eigenvalue weighted by Crippen LogP contribution is -2.13. The summed E-state index contributed by atoms with van der Waals surface area (Å²) in [6.45, 7) is 5.07. The van der Waals surface area contributed by atoms with Crippen molar-refractivity contribution in [3.8, 4) is 0 Å². The Bertz CT molecular complexity index is 601. The van der Waals surface area contributed by atoms with Crippen LogP contribution in [0.1, 0.15) is 19.4 Å². The van der Waals surface area contributed by atoms with Crippen molar-refractivity contribution in [3.05, 3.63) is 48.0 Å². The largest absolute Gasteiger partial charge is 0.475 e. The van der Waals surface area contributed by atoms with E-state index in [9.17, 15) is 0 Å². The molecule has 0 amide bonds. The van der Waals surface area contributed by atoms with E-state index < -0.39 is 0 Å². The van der Waals surface area contributed by atoms with Crippen LogP contribution < -0.4 is 0 Å². The molecule has 0 bridgehead atoms. The molecule has 2 heteroatoms. The number of benzene rings is 2. The highest BCUT2D eigenvalue weighted by molar-refractivity contribution is 5.99. The van der Waals surface area contributed by atoms with Crippen LogP contribution in [-0.2, 0) is 4.74 Å². The van der Waals surface area contributed by atoms with Gasteiger partial charge in [0.05, 0.1) is 6.04 Å². The molecular weight excluding hydrogens is 222 g/mol. The van der Waals surface area contributed by atoms with E-state index in [1.54, 1.807) is 0 Å². The Hall–Kier alpha value is -1.83. The standard InChI is InChI=1S/C16H17NO/c1-11(2)15-10-18-16(17-15)14-8-7-12-5-3-4-6-13(12)9-14/h3-9,11,15H,10H2,1-2H3/t15-/m0/s1. The third kappa shape index (κ3) is 1.99. The summed E-state index contributed by atoms with van der Waals surface area (Å²) in [6, 6.07) is 15.0. The summed E-state index contributed by atoms with van der Waals surface area (Å²) in [5.74, 6) is 1.32. The first-order valence-corrected chi connectivity index (χ1v) is 6.44. The van der Waals surface area contributed by atoms with Crippen molar-refractivity contribution in [1.82, 2.24) is 0 Å². The molecule has 0 spiro atoms. The van der Waals surface area contributed by atoms with E-state index in [0.717, 1.165) is 11.5 Å². The first-order valence-electron chi connectivity index (χ1n) is 6.44. The van der Waals surface area contributed by atoms with Gasteiger partial charge in [-0.25, -0.2) is 4.99 Å². The van der Waals surface area contributed by atoms with E-state index in [-0.39, 0.29) is 0 Å². The zero-order valence-corrected chi connectivity index (χ0v) is 10.8. The molecular formula is C16H17NO. The first kappa shape index (κ1) is 11.3. The number of ether oxygens (including phenoxy) is 1. The lowest BCUT2D eigenvalue weighted by Gasteiger charge is -2.06. The highest BCUT2D eigenvalue weighted by Gasteiger charge is 2.22. The molecule has 1 aliphatic heterocycles. The maximum absolute atomic E-state index is 5.71. The topological polar surface area (TPSA) is 21.6 Å². The zero-order chi connectivity index (χ0) is 12.5. The van der Waals surface area contributed by atoms with Crippen molar-refractivity contribution in [2.45, 2.75) is 19.9 Å². The van der Waals surface area contributed by atoms with Crippen LogP contribution in [0.15, 0.2) is 47.5 Å². The molecule has 1 aliphatic rings. The smallest absolute Gasteiger partial charge is 0.216 e. The van der Waals surface area contributed by atoms with Crippen LogP contribution in [0.3, 0.4) is 0 Å². The maximum Gasteiger partial charge on any atom is 0.216 e. The molecule has 3 rings (SSSR count). The summed E-state index contributed by atoms with van der Waals surface area (Å²) in [5.41, 5.74) is 1.08. The van der Waals surface area contributed by atoms with Crippen LogP contribution in [0.5, 0.6) is 0 Å². The minimum absolute atomic E-state index is 0.298. The Morgan fingerprint density at radius 3 is 2.61 bits per heavy atom. The van der Waals surface area contributed by atoms with E-state index in [2.05, 4.69) is 61.3 Å². The predicted octanol–water partition coefficient (Wildman–Crippen LogP) is 3.64. The second-order valence-corrected chi connectivity index (χ2v) is 5.12. The van der Waals surface area contributed by atoms with Crippen molar-refractivity contribution in [2.75, 3.05) is 6.61 Å². The molecule has 0 fully saturated rings. The highest BCUT2D eigenvalue weighted by atomic mass is 16.5. The number of aliphatic imine (C=N–C) groups is 1. The van der Waals surface area contributed by atoms with Gasteiger partial charge in [0.2, 0.25) is 5.90 Å². The number of nitrogens with zero attached hydrogens (tertiary/aromatic N) is 1. The molecule has 2 nitrogen and oxygen atoms in total. The lowest BCUT2D eigenvalue weighted by molar-refractivity contribution is 0.292. The molecule has 0 N–H and O–H groups in total. The third-order valence-electron chi connectivity index (χ3n) is 3.44. The van der Waals surface area contributed by atoms with Gasteiger partial charge in [-0.2, -0.15) is 0 Å². The van der Waals surface area contributed by atoms with E-state index in [4.69, 9.17) is 4.74 Å². The lowest BCUT2D eigenvalue weighted by atomic mass is 10.1. The van der Waals surface area contributed by atoms with Crippen LogP contribution in [-0.4, -0.2) is 18.5 Å². The van der Waals surface area contributed by atoms with Gasteiger partial charge in [-0.05, 0) is 28.8 Å². The maximum atomic E-state index is 5.71. The van der Waals surface area contributed by atoms with Gasteiger partial charge in [-0.3, -0.25) is 0 Å². The van der Waals surface area contributed by atoms with Crippen LogP contribution in [0.25, 0.3) is 10.8 Å². The summed E-state index contributed by atoms with van der Waals surface area (Å²) in [7, 11) is 0. The summed E-state index contributed by atoms with van der Waals surface area (Å²) < 4.78 is 5.71. The fourth-order valence-electron chi connectivity index (χ4n) is 2.21. The van der Waals surface area contributed by atoms with E-state index in [1.165, 1.54) is 10.8 Å². The third-order valence-corrected chi connectivity index (χ3v) is 3.44. The molecule has 92 valence electrons. The van der Waals surface area contributed by atoms with Gasteiger partial charge in [-0.1, -0.05) is 44.2 Å². The monoisotopic (exact) mass is 239 g/mol. The Kier molecular flexibility index (Phi) is 2.78. The van der Waals surface area contributed by atoms with Crippen molar-refractivity contribution >= 4 is 16.7 Å². The van der Waals surface area contributed by atoms with Gasteiger partial charge in [-0.15, -0.1) is 0 Å². The predicted molar refractivity (Wildman–Crippen MR) is 75.1 cm³/mol. The molecule has 0 aliphatic carbocycles. The number of rotatable bonds is 2. The number of hydrogen-bond donors (Lipinski definition) is 0. The quantitative estimate of drug-likeness (QED) is 0.784. The normalized spacial score (nSPS) is 19.1. The molecule has 0 radical (unpaired) electrons. The molecule has 0 aromatic heterocycles. The molecule has 0 saturated carbocycles. The van der Waals surface area contributed by atoms with Gasteiger partial charge in [0.15, 0.2) is 0 Å². The number of hydrogen-bond acceptors (Lipinski definition) is 2. The van der Waals surface area contributed by atoms with Gasteiger partial charge in [0.25, 0.3) is 0 Å². The summed E-state index contributed by atoms with van der Waals surface area (Å²) in [6.07, 6.45) is 0. The minimum atomic E-state index is 0.298. The van der Waals surface area contributed by atoms with Gasteiger partial charge < -0.3 is 4.74 Å².